The summed E-state index contributed by atoms with van der Waals surface area (Å²) in [4.78, 5) is 12.1. The van der Waals surface area contributed by atoms with E-state index >= 15 is 0 Å². The highest BCUT2D eigenvalue weighted by molar-refractivity contribution is 8.02. The fourth-order valence-corrected chi connectivity index (χ4v) is 3.59. The summed E-state index contributed by atoms with van der Waals surface area (Å²) in [6.45, 7) is 3.68. The van der Waals surface area contributed by atoms with Crippen molar-refractivity contribution >= 4 is 52.0 Å². The molecule has 1 heterocycles. The van der Waals surface area contributed by atoms with E-state index < -0.39 is 0 Å². The summed E-state index contributed by atoms with van der Waals surface area (Å²) in [5, 5.41) is 11.7. The third kappa shape index (κ3) is 3.84. The number of anilines is 2. The molecule has 20 heavy (non-hydrogen) atoms. The predicted octanol–water partition coefficient (Wildman–Crippen LogP) is 3.20. The SMILES string of the molecule is Cc1nnc(SC(C)C(=O)Nc2ccc(N)cc2Cl)s1. The van der Waals surface area contributed by atoms with Crippen LogP contribution in [0.4, 0.5) is 11.4 Å². The number of aromatic nitrogens is 2. The maximum atomic E-state index is 12.1. The molecule has 1 atom stereocenters. The number of rotatable bonds is 4. The van der Waals surface area contributed by atoms with Gasteiger partial charge in [0.2, 0.25) is 5.91 Å². The van der Waals surface area contributed by atoms with Gasteiger partial charge < -0.3 is 11.1 Å². The summed E-state index contributed by atoms with van der Waals surface area (Å²) in [5.41, 5.74) is 6.71. The lowest BCUT2D eigenvalue weighted by molar-refractivity contribution is -0.115. The van der Waals surface area contributed by atoms with Crippen LogP contribution in [0.1, 0.15) is 11.9 Å². The first kappa shape index (κ1) is 15.1. The highest BCUT2D eigenvalue weighted by Gasteiger charge is 2.17. The van der Waals surface area contributed by atoms with E-state index in [0.29, 0.717) is 16.4 Å². The number of carbonyl (C=O) groups excluding carboxylic acids is 1. The van der Waals surface area contributed by atoms with Crippen LogP contribution in [0, 0.1) is 6.92 Å². The highest BCUT2D eigenvalue weighted by Crippen LogP contribution is 2.28. The summed E-state index contributed by atoms with van der Waals surface area (Å²) < 4.78 is 0.772. The standard InChI is InChI=1S/C12H13ClN4OS2/c1-6(19-12-17-16-7(2)20-12)11(18)15-10-4-3-8(14)5-9(10)13/h3-6H,14H2,1-2H3,(H,15,18). The van der Waals surface area contributed by atoms with Crippen LogP contribution in [0.15, 0.2) is 22.5 Å². The summed E-state index contributed by atoms with van der Waals surface area (Å²) in [5.74, 6) is -0.144. The Hall–Kier alpha value is -1.31. The minimum atomic E-state index is -0.295. The maximum Gasteiger partial charge on any atom is 0.237 e. The van der Waals surface area contributed by atoms with E-state index in [0.717, 1.165) is 9.35 Å². The van der Waals surface area contributed by atoms with Crippen molar-refractivity contribution in [1.82, 2.24) is 10.2 Å². The van der Waals surface area contributed by atoms with Gasteiger partial charge in [-0.1, -0.05) is 34.7 Å². The molecule has 0 saturated heterocycles. The largest absolute Gasteiger partial charge is 0.399 e. The molecule has 0 saturated carbocycles. The number of hydrogen-bond donors (Lipinski definition) is 2. The van der Waals surface area contributed by atoms with Crippen molar-refractivity contribution in [2.24, 2.45) is 0 Å². The van der Waals surface area contributed by atoms with Gasteiger partial charge in [0.1, 0.15) is 5.01 Å². The monoisotopic (exact) mass is 328 g/mol. The van der Waals surface area contributed by atoms with E-state index in [1.54, 1.807) is 18.2 Å². The molecule has 2 aromatic rings. The smallest absolute Gasteiger partial charge is 0.237 e. The average Bonchev–Trinajstić information content (AvgIpc) is 2.78. The normalized spacial score (nSPS) is 12.2. The number of aryl methyl sites for hydroxylation is 1. The zero-order valence-electron chi connectivity index (χ0n) is 10.9. The quantitative estimate of drug-likeness (QED) is 0.665. The van der Waals surface area contributed by atoms with Crippen LogP contribution in [0.25, 0.3) is 0 Å². The molecule has 106 valence electrons. The summed E-state index contributed by atoms with van der Waals surface area (Å²) in [6, 6.07) is 4.97. The lowest BCUT2D eigenvalue weighted by Gasteiger charge is -2.11. The van der Waals surface area contributed by atoms with Gasteiger partial charge in [0.05, 0.1) is 16.0 Å². The van der Waals surface area contributed by atoms with E-state index in [-0.39, 0.29) is 11.2 Å². The molecular formula is C12H13ClN4OS2. The number of carbonyl (C=O) groups is 1. The lowest BCUT2D eigenvalue weighted by atomic mass is 10.2. The zero-order valence-corrected chi connectivity index (χ0v) is 13.3. The van der Waals surface area contributed by atoms with Gasteiger partial charge in [-0.3, -0.25) is 4.79 Å². The Labute approximate surface area is 129 Å². The Morgan fingerprint density at radius 2 is 2.25 bits per heavy atom. The third-order valence-corrected chi connectivity index (χ3v) is 4.74. The van der Waals surface area contributed by atoms with Crippen molar-refractivity contribution in [2.45, 2.75) is 23.4 Å². The first-order valence-electron chi connectivity index (χ1n) is 5.78. The van der Waals surface area contributed by atoms with E-state index in [4.69, 9.17) is 17.3 Å². The molecule has 0 aliphatic carbocycles. The predicted molar refractivity (Wildman–Crippen MR) is 84.5 cm³/mol. The molecule has 1 aromatic carbocycles. The van der Waals surface area contributed by atoms with Gasteiger partial charge in [-0.15, -0.1) is 10.2 Å². The molecule has 5 nitrogen and oxygen atoms in total. The molecule has 1 unspecified atom stereocenters. The van der Waals surface area contributed by atoms with Crippen molar-refractivity contribution in [3.05, 3.63) is 28.2 Å². The van der Waals surface area contributed by atoms with Crippen LogP contribution < -0.4 is 11.1 Å². The van der Waals surface area contributed by atoms with E-state index in [2.05, 4.69) is 15.5 Å². The molecule has 0 aliphatic rings. The minimum Gasteiger partial charge on any atom is -0.399 e. The number of nitrogens with two attached hydrogens (primary N) is 1. The Balaban J connectivity index is 2.00. The molecule has 3 N–H and O–H groups in total. The van der Waals surface area contributed by atoms with E-state index in [1.807, 2.05) is 13.8 Å². The van der Waals surface area contributed by atoms with Crippen LogP contribution in [-0.4, -0.2) is 21.4 Å². The Morgan fingerprint density at radius 1 is 1.50 bits per heavy atom. The topological polar surface area (TPSA) is 80.9 Å². The van der Waals surface area contributed by atoms with Crippen molar-refractivity contribution in [2.75, 3.05) is 11.1 Å². The number of nitrogen functional groups attached to an aromatic ring is 1. The van der Waals surface area contributed by atoms with Crippen LogP contribution in [0.5, 0.6) is 0 Å². The fraction of sp³-hybridized carbons (Fsp3) is 0.250. The summed E-state index contributed by atoms with van der Waals surface area (Å²) >= 11 is 8.85. The minimum absolute atomic E-state index is 0.144. The van der Waals surface area contributed by atoms with Crippen LogP contribution in [0.3, 0.4) is 0 Å². The molecule has 1 aromatic heterocycles. The molecule has 2 rings (SSSR count). The highest BCUT2D eigenvalue weighted by atomic mass is 35.5. The van der Waals surface area contributed by atoms with Crippen molar-refractivity contribution in [3.63, 3.8) is 0 Å². The Kier molecular flexibility index (Phi) is 4.85. The van der Waals surface area contributed by atoms with Gasteiger partial charge in [0, 0.05) is 5.69 Å². The van der Waals surface area contributed by atoms with Crippen molar-refractivity contribution in [1.29, 1.82) is 0 Å². The second-order valence-corrected chi connectivity index (χ2v) is 7.25. The molecule has 8 heteroatoms. The van der Waals surface area contributed by atoms with Gasteiger partial charge in [0.25, 0.3) is 0 Å². The number of amides is 1. The molecule has 0 bridgehead atoms. The molecule has 0 radical (unpaired) electrons. The first-order chi connectivity index (χ1) is 9.45. The third-order valence-electron chi connectivity index (χ3n) is 2.41. The Morgan fingerprint density at radius 3 is 2.85 bits per heavy atom. The average molecular weight is 329 g/mol. The molecule has 0 spiro atoms. The van der Waals surface area contributed by atoms with Crippen molar-refractivity contribution in [3.8, 4) is 0 Å². The van der Waals surface area contributed by atoms with Gasteiger partial charge >= 0.3 is 0 Å². The number of benzene rings is 1. The molecule has 0 fully saturated rings. The van der Waals surface area contributed by atoms with Crippen LogP contribution >= 0.6 is 34.7 Å². The fourth-order valence-electron chi connectivity index (χ4n) is 1.40. The maximum absolute atomic E-state index is 12.1. The lowest BCUT2D eigenvalue weighted by Crippen LogP contribution is -2.22. The molecule has 1 amide bonds. The van der Waals surface area contributed by atoms with Gasteiger partial charge in [0.15, 0.2) is 4.34 Å². The van der Waals surface area contributed by atoms with Crippen LogP contribution in [-0.2, 0) is 4.79 Å². The molecule has 0 aliphatic heterocycles. The second-order valence-electron chi connectivity index (χ2n) is 4.08. The second kappa shape index (κ2) is 6.43. The van der Waals surface area contributed by atoms with E-state index in [1.165, 1.54) is 23.1 Å². The number of nitrogens with one attached hydrogen (secondary N) is 1. The summed E-state index contributed by atoms with van der Waals surface area (Å²) in [6.07, 6.45) is 0. The van der Waals surface area contributed by atoms with Gasteiger partial charge in [-0.05, 0) is 32.0 Å². The van der Waals surface area contributed by atoms with Gasteiger partial charge in [-0.25, -0.2) is 0 Å². The van der Waals surface area contributed by atoms with Crippen molar-refractivity contribution < 1.29 is 4.79 Å². The summed E-state index contributed by atoms with van der Waals surface area (Å²) in [7, 11) is 0. The number of nitrogens with zero attached hydrogens (tertiary/aromatic N) is 2. The first-order valence-corrected chi connectivity index (χ1v) is 7.86. The molecular weight excluding hydrogens is 316 g/mol. The number of halogens is 1. The Bertz CT molecular complexity index is 632. The number of hydrogen-bond acceptors (Lipinski definition) is 6. The van der Waals surface area contributed by atoms with Gasteiger partial charge in [-0.2, -0.15) is 0 Å². The number of thioether (sulfide) groups is 1. The van der Waals surface area contributed by atoms with Crippen LogP contribution in [0.2, 0.25) is 5.02 Å². The van der Waals surface area contributed by atoms with E-state index in [9.17, 15) is 4.79 Å². The zero-order chi connectivity index (χ0) is 14.7.